The molecule has 3 nitrogen and oxygen atoms in total. The SMILES string of the molecule is N#Cc1ccn(C2CCCCO2)c1. The average Bonchev–Trinajstić information content (AvgIpc) is 2.67. The van der Waals surface area contributed by atoms with Crippen LogP contribution >= 0.6 is 0 Å². The van der Waals surface area contributed by atoms with Crippen LogP contribution < -0.4 is 0 Å². The predicted octanol–water partition coefficient (Wildman–Crippen LogP) is 2.06. The zero-order valence-corrected chi connectivity index (χ0v) is 7.44. The molecule has 0 radical (unpaired) electrons. The highest BCUT2D eigenvalue weighted by atomic mass is 16.5. The van der Waals surface area contributed by atoms with Gasteiger partial charge in [-0.05, 0) is 25.3 Å². The number of aromatic nitrogens is 1. The van der Waals surface area contributed by atoms with E-state index in [4.69, 9.17) is 10.00 Å². The van der Waals surface area contributed by atoms with Crippen LogP contribution in [0, 0.1) is 11.3 Å². The van der Waals surface area contributed by atoms with Crippen LogP contribution in [0.5, 0.6) is 0 Å². The van der Waals surface area contributed by atoms with Gasteiger partial charge in [0.05, 0.1) is 5.56 Å². The molecular weight excluding hydrogens is 164 g/mol. The van der Waals surface area contributed by atoms with Crippen molar-refractivity contribution in [1.29, 1.82) is 5.26 Å². The van der Waals surface area contributed by atoms with Gasteiger partial charge in [-0.15, -0.1) is 0 Å². The lowest BCUT2D eigenvalue weighted by Gasteiger charge is -2.23. The Kier molecular flexibility index (Phi) is 2.33. The third-order valence-corrected chi connectivity index (χ3v) is 2.33. The fourth-order valence-corrected chi connectivity index (χ4v) is 1.62. The first-order valence-corrected chi connectivity index (χ1v) is 4.59. The first-order chi connectivity index (χ1) is 6.40. The quantitative estimate of drug-likeness (QED) is 0.656. The number of hydrogen-bond donors (Lipinski definition) is 0. The molecule has 2 rings (SSSR count). The van der Waals surface area contributed by atoms with Gasteiger partial charge in [-0.1, -0.05) is 0 Å². The number of nitriles is 1. The maximum absolute atomic E-state index is 8.65. The van der Waals surface area contributed by atoms with E-state index in [1.165, 1.54) is 6.42 Å². The van der Waals surface area contributed by atoms with Gasteiger partial charge in [0.25, 0.3) is 0 Å². The van der Waals surface area contributed by atoms with Crippen molar-refractivity contribution >= 4 is 0 Å². The van der Waals surface area contributed by atoms with Crippen LogP contribution in [0.25, 0.3) is 0 Å². The van der Waals surface area contributed by atoms with Gasteiger partial charge < -0.3 is 9.30 Å². The van der Waals surface area contributed by atoms with Crippen molar-refractivity contribution in [2.45, 2.75) is 25.5 Å². The van der Waals surface area contributed by atoms with E-state index in [0.29, 0.717) is 5.56 Å². The summed E-state index contributed by atoms with van der Waals surface area (Å²) in [6, 6.07) is 3.93. The molecule has 1 fully saturated rings. The molecule has 0 N–H and O–H groups in total. The van der Waals surface area contributed by atoms with Gasteiger partial charge in [0.15, 0.2) is 0 Å². The Balaban J connectivity index is 2.11. The van der Waals surface area contributed by atoms with Crippen molar-refractivity contribution in [1.82, 2.24) is 4.57 Å². The van der Waals surface area contributed by atoms with Gasteiger partial charge in [-0.2, -0.15) is 5.26 Å². The second-order valence-electron chi connectivity index (χ2n) is 3.28. The lowest BCUT2D eigenvalue weighted by Crippen LogP contribution is -2.16. The monoisotopic (exact) mass is 176 g/mol. The molecule has 1 aromatic heterocycles. The summed E-state index contributed by atoms with van der Waals surface area (Å²) in [5.74, 6) is 0. The van der Waals surface area contributed by atoms with E-state index in [9.17, 15) is 0 Å². The summed E-state index contributed by atoms with van der Waals surface area (Å²) in [4.78, 5) is 0. The zero-order valence-electron chi connectivity index (χ0n) is 7.44. The summed E-state index contributed by atoms with van der Waals surface area (Å²) >= 11 is 0. The molecule has 0 spiro atoms. The highest BCUT2D eigenvalue weighted by molar-refractivity contribution is 5.25. The molecule has 68 valence electrons. The van der Waals surface area contributed by atoms with E-state index in [-0.39, 0.29) is 6.23 Å². The summed E-state index contributed by atoms with van der Waals surface area (Å²) < 4.78 is 7.56. The first kappa shape index (κ1) is 8.33. The van der Waals surface area contributed by atoms with Gasteiger partial charge in [0, 0.05) is 19.0 Å². The fourth-order valence-electron chi connectivity index (χ4n) is 1.62. The van der Waals surface area contributed by atoms with E-state index in [1.54, 1.807) is 0 Å². The molecule has 2 heterocycles. The molecule has 0 aliphatic carbocycles. The second kappa shape index (κ2) is 3.63. The molecule has 0 saturated carbocycles. The van der Waals surface area contributed by atoms with Crippen molar-refractivity contribution in [3.63, 3.8) is 0 Å². The Hall–Kier alpha value is -1.27. The van der Waals surface area contributed by atoms with Gasteiger partial charge in [0.2, 0.25) is 0 Å². The molecule has 13 heavy (non-hydrogen) atoms. The summed E-state index contributed by atoms with van der Waals surface area (Å²) in [6.07, 6.45) is 7.33. The summed E-state index contributed by atoms with van der Waals surface area (Å²) in [7, 11) is 0. The highest BCUT2D eigenvalue weighted by Crippen LogP contribution is 2.22. The second-order valence-corrected chi connectivity index (χ2v) is 3.28. The highest BCUT2D eigenvalue weighted by Gasteiger charge is 2.14. The lowest BCUT2D eigenvalue weighted by molar-refractivity contribution is -0.0317. The standard InChI is InChI=1S/C10H12N2O/c11-7-9-4-5-12(8-9)10-3-1-2-6-13-10/h4-5,8,10H,1-3,6H2. The number of rotatable bonds is 1. The predicted molar refractivity (Wildman–Crippen MR) is 48.0 cm³/mol. The van der Waals surface area contributed by atoms with Crippen molar-refractivity contribution in [3.05, 3.63) is 24.0 Å². The number of hydrogen-bond acceptors (Lipinski definition) is 2. The molecule has 0 amide bonds. The maximum Gasteiger partial charge on any atom is 0.133 e. The van der Waals surface area contributed by atoms with Crippen LogP contribution in [0.15, 0.2) is 18.5 Å². The van der Waals surface area contributed by atoms with E-state index in [0.717, 1.165) is 19.4 Å². The molecule has 0 aromatic carbocycles. The van der Waals surface area contributed by atoms with Gasteiger partial charge in [-0.3, -0.25) is 0 Å². The summed E-state index contributed by atoms with van der Waals surface area (Å²) in [5.41, 5.74) is 0.703. The van der Waals surface area contributed by atoms with Crippen LogP contribution in [0.1, 0.15) is 31.1 Å². The minimum atomic E-state index is 0.149. The molecule has 1 unspecified atom stereocenters. The Morgan fingerprint density at radius 1 is 1.54 bits per heavy atom. The smallest absolute Gasteiger partial charge is 0.133 e. The first-order valence-electron chi connectivity index (χ1n) is 4.59. The minimum absolute atomic E-state index is 0.149. The molecular formula is C10H12N2O. The topological polar surface area (TPSA) is 38.0 Å². The van der Waals surface area contributed by atoms with Crippen LogP contribution in [0.4, 0.5) is 0 Å². The zero-order chi connectivity index (χ0) is 9.10. The van der Waals surface area contributed by atoms with Crippen molar-refractivity contribution in [3.8, 4) is 6.07 Å². The van der Waals surface area contributed by atoms with E-state index in [1.807, 2.05) is 23.0 Å². The minimum Gasteiger partial charge on any atom is -0.358 e. The van der Waals surface area contributed by atoms with Gasteiger partial charge >= 0.3 is 0 Å². The Morgan fingerprint density at radius 2 is 2.46 bits per heavy atom. The third-order valence-electron chi connectivity index (χ3n) is 2.33. The molecule has 1 atom stereocenters. The van der Waals surface area contributed by atoms with Crippen LogP contribution in [-0.4, -0.2) is 11.2 Å². The molecule has 3 heteroatoms. The normalized spacial score (nSPS) is 22.5. The largest absolute Gasteiger partial charge is 0.358 e. The fraction of sp³-hybridized carbons (Fsp3) is 0.500. The molecule has 1 aromatic rings. The number of ether oxygens (including phenoxy) is 1. The van der Waals surface area contributed by atoms with Crippen molar-refractivity contribution < 1.29 is 4.74 Å². The van der Waals surface area contributed by atoms with E-state index >= 15 is 0 Å². The molecule has 1 saturated heterocycles. The van der Waals surface area contributed by atoms with Crippen LogP contribution in [0.2, 0.25) is 0 Å². The number of nitrogens with zero attached hydrogens (tertiary/aromatic N) is 2. The lowest BCUT2D eigenvalue weighted by atomic mass is 10.2. The Labute approximate surface area is 77.5 Å². The van der Waals surface area contributed by atoms with Gasteiger partial charge in [-0.25, -0.2) is 0 Å². The van der Waals surface area contributed by atoms with Crippen LogP contribution in [0.3, 0.4) is 0 Å². The van der Waals surface area contributed by atoms with E-state index in [2.05, 4.69) is 6.07 Å². The van der Waals surface area contributed by atoms with Crippen molar-refractivity contribution in [2.75, 3.05) is 6.61 Å². The van der Waals surface area contributed by atoms with Gasteiger partial charge in [0.1, 0.15) is 12.3 Å². The molecule has 0 bridgehead atoms. The van der Waals surface area contributed by atoms with Crippen molar-refractivity contribution in [2.24, 2.45) is 0 Å². The van der Waals surface area contributed by atoms with Crippen LogP contribution in [-0.2, 0) is 4.74 Å². The summed E-state index contributed by atoms with van der Waals surface area (Å²) in [5, 5.41) is 8.65. The molecule has 1 aliphatic heterocycles. The molecule has 1 aliphatic rings. The maximum atomic E-state index is 8.65. The summed E-state index contributed by atoms with van der Waals surface area (Å²) in [6.45, 7) is 0.838. The Bertz CT molecular complexity index is 318. The van der Waals surface area contributed by atoms with E-state index < -0.39 is 0 Å². The average molecular weight is 176 g/mol. The Morgan fingerprint density at radius 3 is 3.08 bits per heavy atom. The third kappa shape index (κ3) is 1.73.